The number of rotatable bonds is 5. The molecule has 0 unspecified atom stereocenters. The second-order valence-corrected chi connectivity index (χ2v) is 8.62. The second kappa shape index (κ2) is 9.62. The summed E-state index contributed by atoms with van der Waals surface area (Å²) in [5.41, 5.74) is 7.29. The van der Waals surface area contributed by atoms with E-state index in [1.807, 2.05) is 84.9 Å². The first-order chi connectivity index (χ1) is 17.0. The molecule has 6 heteroatoms. The SMILES string of the molecule is Cc1ccc(-c2nc(-c3ccc(C)cc3)nc(-c3cccc(-c4cccc(B(O)O)c4)c3)n2)cc1. The van der Waals surface area contributed by atoms with Gasteiger partial charge in [0.25, 0.3) is 0 Å². The molecule has 5 rings (SSSR count). The van der Waals surface area contributed by atoms with E-state index in [-0.39, 0.29) is 0 Å². The zero-order chi connectivity index (χ0) is 24.4. The fourth-order valence-electron chi connectivity index (χ4n) is 3.89. The molecule has 2 N–H and O–H groups in total. The molecule has 0 saturated heterocycles. The van der Waals surface area contributed by atoms with Crippen molar-refractivity contribution in [1.29, 1.82) is 0 Å². The third-order valence-electron chi connectivity index (χ3n) is 5.89. The maximum absolute atomic E-state index is 9.57. The van der Waals surface area contributed by atoms with Gasteiger partial charge in [-0.3, -0.25) is 0 Å². The van der Waals surface area contributed by atoms with Crippen molar-refractivity contribution < 1.29 is 10.0 Å². The molecule has 0 radical (unpaired) electrons. The normalized spacial score (nSPS) is 10.9. The predicted molar refractivity (Wildman–Crippen MR) is 141 cm³/mol. The molecule has 0 atom stereocenters. The lowest BCUT2D eigenvalue weighted by Gasteiger charge is -2.10. The van der Waals surface area contributed by atoms with E-state index in [0.717, 1.165) is 27.8 Å². The molecule has 0 bridgehead atoms. The van der Waals surface area contributed by atoms with Gasteiger partial charge in [0.1, 0.15) is 0 Å². The first-order valence-corrected chi connectivity index (χ1v) is 11.4. The lowest BCUT2D eigenvalue weighted by Crippen LogP contribution is -2.29. The van der Waals surface area contributed by atoms with Crippen LogP contribution in [-0.4, -0.2) is 32.1 Å². The summed E-state index contributed by atoms with van der Waals surface area (Å²) in [4.78, 5) is 14.4. The standard InChI is InChI=1S/C29H24BN3O2/c1-19-9-13-21(14-10-19)27-31-28(22-15-11-20(2)12-16-22)33-29(32-27)25-7-3-5-23(17-25)24-6-4-8-26(18-24)30(34)35/h3-18,34-35H,1-2H3. The van der Waals surface area contributed by atoms with Gasteiger partial charge in [-0.2, -0.15) is 0 Å². The third kappa shape index (κ3) is 5.04. The van der Waals surface area contributed by atoms with Gasteiger partial charge in [-0.25, -0.2) is 15.0 Å². The highest BCUT2D eigenvalue weighted by Crippen LogP contribution is 2.28. The lowest BCUT2D eigenvalue weighted by molar-refractivity contribution is 0.426. The number of benzene rings is 4. The van der Waals surface area contributed by atoms with Crippen LogP contribution >= 0.6 is 0 Å². The quantitative estimate of drug-likeness (QED) is 0.370. The molecule has 4 aromatic carbocycles. The van der Waals surface area contributed by atoms with Crippen LogP contribution in [0.3, 0.4) is 0 Å². The van der Waals surface area contributed by atoms with Crippen LogP contribution in [0.2, 0.25) is 0 Å². The molecule has 0 spiro atoms. The molecule has 5 aromatic rings. The average molecular weight is 457 g/mol. The Kier molecular flexibility index (Phi) is 6.23. The van der Waals surface area contributed by atoms with Crippen LogP contribution in [0.25, 0.3) is 45.3 Å². The van der Waals surface area contributed by atoms with E-state index >= 15 is 0 Å². The molecule has 170 valence electrons. The molecule has 1 heterocycles. The van der Waals surface area contributed by atoms with Crippen molar-refractivity contribution >= 4 is 12.6 Å². The molecule has 0 aliphatic carbocycles. The number of aromatic nitrogens is 3. The van der Waals surface area contributed by atoms with E-state index in [1.54, 1.807) is 12.1 Å². The van der Waals surface area contributed by atoms with Gasteiger partial charge >= 0.3 is 7.12 Å². The maximum atomic E-state index is 9.57. The Morgan fingerprint density at radius 2 is 0.914 bits per heavy atom. The molecular weight excluding hydrogens is 433 g/mol. The minimum Gasteiger partial charge on any atom is -0.423 e. The summed E-state index contributed by atoms with van der Waals surface area (Å²) < 4.78 is 0. The summed E-state index contributed by atoms with van der Waals surface area (Å²) in [7, 11) is -1.52. The van der Waals surface area contributed by atoms with Gasteiger partial charge in [-0.1, -0.05) is 102 Å². The van der Waals surface area contributed by atoms with E-state index in [1.165, 1.54) is 11.1 Å². The largest absolute Gasteiger partial charge is 0.488 e. The second-order valence-electron chi connectivity index (χ2n) is 8.62. The Hall–Kier alpha value is -4.13. The Morgan fingerprint density at radius 3 is 1.43 bits per heavy atom. The van der Waals surface area contributed by atoms with Gasteiger partial charge < -0.3 is 10.0 Å². The molecule has 0 saturated carbocycles. The van der Waals surface area contributed by atoms with Gasteiger partial charge in [-0.15, -0.1) is 0 Å². The van der Waals surface area contributed by atoms with Crippen molar-refractivity contribution in [2.45, 2.75) is 13.8 Å². The Labute approximate surface area is 205 Å². The van der Waals surface area contributed by atoms with Gasteiger partial charge in [0.05, 0.1) is 0 Å². The number of hydrogen-bond acceptors (Lipinski definition) is 5. The molecule has 1 aromatic heterocycles. The van der Waals surface area contributed by atoms with Crippen molar-refractivity contribution in [1.82, 2.24) is 15.0 Å². The molecule has 0 fully saturated rings. The fourth-order valence-corrected chi connectivity index (χ4v) is 3.89. The molecule has 0 amide bonds. The van der Waals surface area contributed by atoms with Crippen molar-refractivity contribution in [3.8, 4) is 45.3 Å². The van der Waals surface area contributed by atoms with Gasteiger partial charge in [0, 0.05) is 16.7 Å². The first kappa shape index (κ1) is 22.7. The Morgan fingerprint density at radius 1 is 0.486 bits per heavy atom. The van der Waals surface area contributed by atoms with Crippen LogP contribution in [0.4, 0.5) is 0 Å². The van der Waals surface area contributed by atoms with E-state index in [0.29, 0.717) is 22.9 Å². The maximum Gasteiger partial charge on any atom is 0.488 e. The number of aryl methyl sites for hydroxylation is 2. The highest BCUT2D eigenvalue weighted by molar-refractivity contribution is 6.58. The summed E-state index contributed by atoms with van der Waals surface area (Å²) in [5.74, 6) is 1.80. The van der Waals surface area contributed by atoms with E-state index < -0.39 is 7.12 Å². The summed E-state index contributed by atoms with van der Waals surface area (Å²) in [6.07, 6.45) is 0. The van der Waals surface area contributed by atoms with Crippen molar-refractivity contribution in [2.75, 3.05) is 0 Å². The minimum atomic E-state index is -1.52. The summed E-state index contributed by atoms with van der Waals surface area (Å²) in [6.45, 7) is 4.10. The van der Waals surface area contributed by atoms with E-state index in [2.05, 4.69) is 13.8 Å². The van der Waals surface area contributed by atoms with Gasteiger partial charge in [-0.05, 0) is 36.5 Å². The van der Waals surface area contributed by atoms with E-state index in [9.17, 15) is 10.0 Å². The van der Waals surface area contributed by atoms with Crippen LogP contribution in [0.15, 0.2) is 97.1 Å². The number of nitrogens with zero attached hydrogens (tertiary/aromatic N) is 3. The summed E-state index contributed by atoms with van der Waals surface area (Å²) in [6, 6.07) is 31.4. The van der Waals surface area contributed by atoms with Crippen molar-refractivity contribution in [3.63, 3.8) is 0 Å². The average Bonchev–Trinajstić information content (AvgIpc) is 2.89. The number of hydrogen-bond donors (Lipinski definition) is 2. The first-order valence-electron chi connectivity index (χ1n) is 11.4. The zero-order valence-corrected chi connectivity index (χ0v) is 19.6. The highest BCUT2D eigenvalue weighted by Gasteiger charge is 2.14. The van der Waals surface area contributed by atoms with Crippen LogP contribution in [-0.2, 0) is 0 Å². The van der Waals surface area contributed by atoms with Gasteiger partial charge in [0.2, 0.25) is 0 Å². The van der Waals surface area contributed by atoms with Crippen LogP contribution < -0.4 is 5.46 Å². The minimum absolute atomic E-state index is 0.441. The third-order valence-corrected chi connectivity index (χ3v) is 5.89. The Balaban J connectivity index is 1.63. The van der Waals surface area contributed by atoms with Crippen LogP contribution in [0.1, 0.15) is 11.1 Å². The monoisotopic (exact) mass is 457 g/mol. The smallest absolute Gasteiger partial charge is 0.423 e. The highest BCUT2D eigenvalue weighted by atomic mass is 16.4. The van der Waals surface area contributed by atoms with Gasteiger partial charge in [0.15, 0.2) is 17.5 Å². The molecule has 35 heavy (non-hydrogen) atoms. The van der Waals surface area contributed by atoms with E-state index in [4.69, 9.17) is 15.0 Å². The molecule has 5 nitrogen and oxygen atoms in total. The predicted octanol–water partition coefficient (Wildman–Crippen LogP) is 4.84. The molecular formula is C29H24BN3O2. The summed E-state index contributed by atoms with van der Waals surface area (Å²) in [5, 5.41) is 19.1. The molecule has 0 aliphatic rings. The lowest BCUT2D eigenvalue weighted by atomic mass is 9.79. The topological polar surface area (TPSA) is 79.1 Å². The van der Waals surface area contributed by atoms with Crippen LogP contribution in [0.5, 0.6) is 0 Å². The Bertz CT molecular complexity index is 1420. The fraction of sp³-hybridized carbons (Fsp3) is 0.0690. The summed E-state index contributed by atoms with van der Waals surface area (Å²) >= 11 is 0. The molecule has 0 aliphatic heterocycles. The van der Waals surface area contributed by atoms with Crippen LogP contribution in [0, 0.1) is 13.8 Å². The van der Waals surface area contributed by atoms with Crippen molar-refractivity contribution in [3.05, 3.63) is 108 Å². The zero-order valence-electron chi connectivity index (χ0n) is 19.6. The van der Waals surface area contributed by atoms with Crippen molar-refractivity contribution in [2.24, 2.45) is 0 Å².